The monoisotopic (exact) mass is 514 g/mol. The Bertz CT molecular complexity index is 1070. The standard InChI is InChI=1S/C25H30F4N2O3S/c1-2-5-22(6-3-16-25(27,28)29)35(33,34)30-21-14-10-19(11-15-21)24(32)31-17-4-7-23(31)18-8-12-20(26)13-9-18/h2-3,5-6,8-9,12-13,16,19,21,23,30H,4,7,10-11,14-15,17H2,1H3/b5-2-,16-3+,22-6+/t19?,21?,23-/m1/s1. The summed E-state index contributed by atoms with van der Waals surface area (Å²) < 4.78 is 78.5. The molecule has 35 heavy (non-hydrogen) atoms. The van der Waals surface area contributed by atoms with Crippen molar-refractivity contribution < 1.29 is 30.8 Å². The van der Waals surface area contributed by atoms with Gasteiger partial charge in [0.2, 0.25) is 15.9 Å². The highest BCUT2D eigenvalue weighted by atomic mass is 32.2. The molecule has 0 spiro atoms. The number of likely N-dealkylation sites (tertiary alicyclic amines) is 1. The van der Waals surface area contributed by atoms with Crippen molar-refractivity contribution in [1.29, 1.82) is 0 Å². The Morgan fingerprint density at radius 3 is 2.34 bits per heavy atom. The number of halogens is 4. The fraction of sp³-hybridized carbons (Fsp3) is 0.480. The first kappa shape index (κ1) is 27.1. The van der Waals surface area contributed by atoms with Gasteiger partial charge in [-0.1, -0.05) is 24.3 Å². The molecule has 1 heterocycles. The summed E-state index contributed by atoms with van der Waals surface area (Å²) in [5, 5.41) is 0. The third-order valence-corrected chi connectivity index (χ3v) is 7.91. The molecule has 1 aromatic carbocycles. The molecule has 1 amide bonds. The lowest BCUT2D eigenvalue weighted by atomic mass is 9.85. The highest BCUT2D eigenvalue weighted by Gasteiger charge is 2.36. The van der Waals surface area contributed by atoms with Gasteiger partial charge in [-0.3, -0.25) is 4.79 Å². The highest BCUT2D eigenvalue weighted by Crippen LogP contribution is 2.36. The SMILES string of the molecule is C\C=C/C(=C\C=C\C(F)(F)F)S(=O)(=O)NC1CCC(C(=O)N2CCC[C@@H]2c2ccc(F)cc2)CC1. The van der Waals surface area contributed by atoms with Crippen molar-refractivity contribution in [3.8, 4) is 0 Å². The molecule has 2 fully saturated rings. The molecular formula is C25H30F4N2O3S. The summed E-state index contributed by atoms with van der Waals surface area (Å²) in [6, 6.07) is 5.70. The van der Waals surface area contributed by atoms with Crippen LogP contribution in [0.1, 0.15) is 57.1 Å². The number of hydrogen-bond donors (Lipinski definition) is 1. The zero-order chi connectivity index (χ0) is 25.6. The number of sulfonamides is 1. The van der Waals surface area contributed by atoms with Crippen LogP contribution in [0.3, 0.4) is 0 Å². The van der Waals surface area contributed by atoms with Crippen LogP contribution in [0.5, 0.6) is 0 Å². The van der Waals surface area contributed by atoms with Crippen molar-refractivity contribution in [2.45, 2.75) is 63.7 Å². The smallest absolute Gasteiger partial charge is 0.335 e. The number of allylic oxidation sites excluding steroid dienone is 5. The summed E-state index contributed by atoms with van der Waals surface area (Å²) >= 11 is 0. The summed E-state index contributed by atoms with van der Waals surface area (Å²) in [7, 11) is -4.02. The van der Waals surface area contributed by atoms with E-state index in [1.165, 1.54) is 24.3 Å². The summed E-state index contributed by atoms with van der Waals surface area (Å²) in [4.78, 5) is 14.8. The van der Waals surface area contributed by atoms with Gasteiger partial charge in [-0.25, -0.2) is 17.5 Å². The third-order valence-electron chi connectivity index (χ3n) is 6.38. The average Bonchev–Trinajstić information content (AvgIpc) is 3.28. The van der Waals surface area contributed by atoms with Gasteiger partial charge >= 0.3 is 6.18 Å². The number of carbonyl (C=O) groups is 1. The molecular weight excluding hydrogens is 484 g/mol. The quantitative estimate of drug-likeness (QED) is 0.384. The maximum absolute atomic E-state index is 13.3. The van der Waals surface area contributed by atoms with Crippen molar-refractivity contribution in [3.05, 3.63) is 70.9 Å². The Morgan fingerprint density at radius 2 is 1.74 bits per heavy atom. The zero-order valence-electron chi connectivity index (χ0n) is 19.5. The Morgan fingerprint density at radius 1 is 1.09 bits per heavy atom. The van der Waals surface area contributed by atoms with Crippen LogP contribution in [0.2, 0.25) is 0 Å². The fourth-order valence-corrected chi connectivity index (χ4v) is 6.08. The van der Waals surface area contributed by atoms with Gasteiger partial charge < -0.3 is 4.90 Å². The van der Waals surface area contributed by atoms with E-state index in [0.717, 1.165) is 24.5 Å². The van der Waals surface area contributed by atoms with Crippen molar-refractivity contribution in [1.82, 2.24) is 9.62 Å². The second-order valence-electron chi connectivity index (χ2n) is 8.88. The first-order valence-electron chi connectivity index (χ1n) is 11.7. The Balaban J connectivity index is 1.60. The molecule has 0 aromatic heterocycles. The molecule has 0 radical (unpaired) electrons. The van der Waals surface area contributed by atoms with E-state index in [2.05, 4.69) is 4.72 Å². The largest absolute Gasteiger partial charge is 0.409 e. The van der Waals surface area contributed by atoms with Crippen LogP contribution in [0, 0.1) is 11.7 Å². The minimum atomic E-state index is -4.54. The number of carbonyl (C=O) groups excluding carboxylic acids is 1. The zero-order valence-corrected chi connectivity index (χ0v) is 20.3. The van der Waals surface area contributed by atoms with Crippen LogP contribution in [-0.4, -0.2) is 38.0 Å². The minimum absolute atomic E-state index is 0.0274. The number of amides is 1. The maximum Gasteiger partial charge on any atom is 0.409 e. The molecule has 3 rings (SSSR count). The number of hydrogen-bond acceptors (Lipinski definition) is 3. The highest BCUT2D eigenvalue weighted by molar-refractivity contribution is 7.93. The molecule has 10 heteroatoms. The van der Waals surface area contributed by atoms with E-state index in [1.54, 1.807) is 19.1 Å². The van der Waals surface area contributed by atoms with Crippen molar-refractivity contribution in [3.63, 3.8) is 0 Å². The molecule has 192 valence electrons. The molecule has 2 aliphatic rings. The molecule has 1 saturated heterocycles. The number of benzene rings is 1. The van der Waals surface area contributed by atoms with E-state index in [-0.39, 0.29) is 34.7 Å². The first-order valence-corrected chi connectivity index (χ1v) is 13.2. The molecule has 1 aliphatic carbocycles. The van der Waals surface area contributed by atoms with Gasteiger partial charge in [-0.05, 0) is 75.3 Å². The normalized spacial score (nSPS) is 24.5. The molecule has 0 bridgehead atoms. The second-order valence-corrected chi connectivity index (χ2v) is 10.6. The Labute approximate surface area is 203 Å². The van der Waals surface area contributed by atoms with E-state index < -0.39 is 22.2 Å². The summed E-state index contributed by atoms with van der Waals surface area (Å²) in [5.41, 5.74) is 0.904. The van der Waals surface area contributed by atoms with Crippen LogP contribution >= 0.6 is 0 Å². The van der Waals surface area contributed by atoms with Crippen LogP contribution in [0.4, 0.5) is 17.6 Å². The van der Waals surface area contributed by atoms with Crippen LogP contribution in [-0.2, 0) is 14.8 Å². The van der Waals surface area contributed by atoms with Gasteiger partial charge in [-0.15, -0.1) is 0 Å². The number of alkyl halides is 3. The van der Waals surface area contributed by atoms with E-state index in [0.29, 0.717) is 38.3 Å². The van der Waals surface area contributed by atoms with Gasteiger partial charge in [-0.2, -0.15) is 13.2 Å². The third kappa shape index (κ3) is 7.51. The molecule has 0 unspecified atom stereocenters. The predicted octanol–water partition coefficient (Wildman–Crippen LogP) is 5.55. The number of nitrogens with zero attached hydrogens (tertiary/aromatic N) is 1. The molecule has 1 saturated carbocycles. The summed E-state index contributed by atoms with van der Waals surface area (Å²) in [5.74, 6) is -0.517. The lowest BCUT2D eigenvalue weighted by Gasteiger charge is -2.33. The molecule has 1 N–H and O–H groups in total. The van der Waals surface area contributed by atoms with Crippen molar-refractivity contribution >= 4 is 15.9 Å². The van der Waals surface area contributed by atoms with Gasteiger partial charge in [0, 0.05) is 24.6 Å². The Kier molecular flexibility index (Phi) is 8.93. The lowest BCUT2D eigenvalue weighted by molar-refractivity contribution is -0.137. The molecule has 1 aromatic rings. The molecule has 1 aliphatic heterocycles. The van der Waals surface area contributed by atoms with Crippen LogP contribution in [0.15, 0.2) is 59.6 Å². The van der Waals surface area contributed by atoms with Gasteiger partial charge in [0.05, 0.1) is 10.9 Å². The fourth-order valence-electron chi connectivity index (χ4n) is 4.69. The van der Waals surface area contributed by atoms with Crippen molar-refractivity contribution in [2.75, 3.05) is 6.54 Å². The number of rotatable bonds is 7. The molecule has 1 atom stereocenters. The van der Waals surface area contributed by atoms with Gasteiger partial charge in [0.1, 0.15) is 5.82 Å². The minimum Gasteiger partial charge on any atom is -0.335 e. The lowest BCUT2D eigenvalue weighted by Crippen LogP contribution is -2.42. The van der Waals surface area contributed by atoms with Gasteiger partial charge in [0.25, 0.3) is 0 Å². The van der Waals surface area contributed by atoms with Gasteiger partial charge in [0.15, 0.2) is 0 Å². The van der Waals surface area contributed by atoms with Crippen molar-refractivity contribution in [2.24, 2.45) is 5.92 Å². The number of nitrogens with one attached hydrogen (secondary N) is 1. The average molecular weight is 515 g/mol. The van der Waals surface area contributed by atoms with E-state index >= 15 is 0 Å². The summed E-state index contributed by atoms with van der Waals surface area (Å²) in [6.07, 6.45) is 3.29. The van der Waals surface area contributed by atoms with E-state index in [9.17, 15) is 30.8 Å². The second kappa shape index (κ2) is 11.5. The Hall–Kier alpha value is -2.46. The topological polar surface area (TPSA) is 66.5 Å². The van der Waals surface area contributed by atoms with E-state index in [4.69, 9.17) is 0 Å². The van der Waals surface area contributed by atoms with Crippen LogP contribution < -0.4 is 4.72 Å². The first-order chi connectivity index (χ1) is 16.5. The van der Waals surface area contributed by atoms with E-state index in [1.807, 2.05) is 4.90 Å². The molecule has 5 nitrogen and oxygen atoms in total. The maximum atomic E-state index is 13.3. The summed E-state index contributed by atoms with van der Waals surface area (Å²) in [6.45, 7) is 2.21. The predicted molar refractivity (Wildman–Crippen MR) is 126 cm³/mol. The van der Waals surface area contributed by atoms with Crippen LogP contribution in [0.25, 0.3) is 0 Å².